The van der Waals surface area contributed by atoms with Crippen molar-refractivity contribution in [3.05, 3.63) is 42.0 Å². The van der Waals surface area contributed by atoms with Crippen LogP contribution >= 0.6 is 0 Å². The average molecular weight is 229 g/mol. The van der Waals surface area contributed by atoms with E-state index >= 15 is 0 Å². The lowest BCUT2D eigenvalue weighted by molar-refractivity contribution is -0.137. The molecule has 1 N–H and O–H groups in total. The van der Waals surface area contributed by atoms with Crippen LogP contribution in [0.1, 0.15) is 18.9 Å². The second-order valence-electron chi connectivity index (χ2n) is 3.71. The molecule has 0 aliphatic rings. The van der Waals surface area contributed by atoms with Gasteiger partial charge in [0.05, 0.1) is 5.56 Å². The SMILES string of the molecule is C=C(C)CCNc1ccc(C(F)(F)F)cc1. The molecule has 1 aromatic carbocycles. The number of alkyl halides is 3. The molecule has 0 aromatic heterocycles. The Bertz CT molecular complexity index is 352. The number of hydrogen-bond acceptors (Lipinski definition) is 1. The summed E-state index contributed by atoms with van der Waals surface area (Å²) in [6.07, 6.45) is -3.46. The summed E-state index contributed by atoms with van der Waals surface area (Å²) < 4.78 is 36.7. The van der Waals surface area contributed by atoms with Gasteiger partial charge in [-0.1, -0.05) is 5.57 Å². The minimum Gasteiger partial charge on any atom is -0.385 e. The molecule has 0 unspecified atom stereocenters. The normalized spacial score (nSPS) is 11.2. The lowest BCUT2D eigenvalue weighted by Crippen LogP contribution is -2.06. The Labute approximate surface area is 93.0 Å². The van der Waals surface area contributed by atoms with Gasteiger partial charge in [0.1, 0.15) is 0 Å². The lowest BCUT2D eigenvalue weighted by atomic mass is 10.2. The number of halogens is 3. The average Bonchev–Trinajstić information content (AvgIpc) is 2.16. The largest absolute Gasteiger partial charge is 0.416 e. The molecule has 1 nitrogen and oxygen atoms in total. The Morgan fingerprint density at radius 2 is 1.81 bits per heavy atom. The quantitative estimate of drug-likeness (QED) is 0.767. The highest BCUT2D eigenvalue weighted by Crippen LogP contribution is 2.29. The highest BCUT2D eigenvalue weighted by Gasteiger charge is 2.29. The summed E-state index contributed by atoms with van der Waals surface area (Å²) in [4.78, 5) is 0. The van der Waals surface area contributed by atoms with Gasteiger partial charge in [-0.2, -0.15) is 13.2 Å². The summed E-state index contributed by atoms with van der Waals surface area (Å²) >= 11 is 0. The van der Waals surface area contributed by atoms with E-state index in [0.29, 0.717) is 12.2 Å². The molecule has 0 fully saturated rings. The van der Waals surface area contributed by atoms with Gasteiger partial charge >= 0.3 is 6.18 Å². The van der Waals surface area contributed by atoms with E-state index in [4.69, 9.17) is 0 Å². The first-order chi connectivity index (χ1) is 7.39. The summed E-state index contributed by atoms with van der Waals surface area (Å²) in [6, 6.07) is 5.01. The molecule has 1 rings (SSSR count). The van der Waals surface area contributed by atoms with Crippen molar-refractivity contribution in [1.29, 1.82) is 0 Å². The first kappa shape index (κ1) is 12.6. The molecule has 1 aromatic rings. The molecule has 0 saturated heterocycles. The van der Waals surface area contributed by atoms with Crippen molar-refractivity contribution in [3.8, 4) is 0 Å². The van der Waals surface area contributed by atoms with E-state index in [-0.39, 0.29) is 0 Å². The fraction of sp³-hybridized carbons (Fsp3) is 0.333. The molecule has 0 aliphatic heterocycles. The molecule has 0 bridgehead atoms. The maximum atomic E-state index is 12.2. The first-order valence-electron chi connectivity index (χ1n) is 4.95. The number of hydrogen-bond donors (Lipinski definition) is 1. The molecule has 16 heavy (non-hydrogen) atoms. The highest BCUT2D eigenvalue weighted by molar-refractivity contribution is 5.45. The van der Waals surface area contributed by atoms with Gasteiger partial charge in [-0.25, -0.2) is 0 Å². The van der Waals surface area contributed by atoms with E-state index in [1.54, 1.807) is 0 Å². The van der Waals surface area contributed by atoms with Crippen LogP contribution in [0.4, 0.5) is 18.9 Å². The van der Waals surface area contributed by atoms with Crippen molar-refractivity contribution >= 4 is 5.69 Å². The summed E-state index contributed by atoms with van der Waals surface area (Å²) in [6.45, 7) is 6.34. The summed E-state index contributed by atoms with van der Waals surface area (Å²) in [5.41, 5.74) is 1.10. The van der Waals surface area contributed by atoms with Crippen LogP contribution in [-0.4, -0.2) is 6.54 Å². The predicted octanol–water partition coefficient (Wildman–Crippen LogP) is 4.08. The molecule has 4 heteroatoms. The van der Waals surface area contributed by atoms with Crippen molar-refractivity contribution in [3.63, 3.8) is 0 Å². The second-order valence-corrected chi connectivity index (χ2v) is 3.71. The summed E-state index contributed by atoms with van der Waals surface area (Å²) in [5.74, 6) is 0. The third-order valence-corrected chi connectivity index (χ3v) is 2.09. The van der Waals surface area contributed by atoms with Crippen LogP contribution in [0.15, 0.2) is 36.4 Å². The van der Waals surface area contributed by atoms with Crippen LogP contribution in [0.5, 0.6) is 0 Å². The van der Waals surface area contributed by atoms with E-state index < -0.39 is 11.7 Å². The Morgan fingerprint density at radius 1 is 1.25 bits per heavy atom. The molecular formula is C12H14F3N. The molecule has 0 aliphatic carbocycles. The van der Waals surface area contributed by atoms with Gasteiger partial charge < -0.3 is 5.32 Å². The number of anilines is 1. The van der Waals surface area contributed by atoms with Gasteiger partial charge in [0.15, 0.2) is 0 Å². The first-order valence-corrected chi connectivity index (χ1v) is 4.95. The summed E-state index contributed by atoms with van der Waals surface area (Å²) in [7, 11) is 0. The molecule has 0 spiro atoms. The Hall–Kier alpha value is -1.45. The Morgan fingerprint density at radius 3 is 2.25 bits per heavy atom. The molecule has 0 amide bonds. The minimum absolute atomic E-state index is 0.627. The maximum absolute atomic E-state index is 12.2. The van der Waals surface area contributed by atoms with Gasteiger partial charge in [-0.05, 0) is 37.6 Å². The van der Waals surface area contributed by atoms with Crippen LogP contribution in [0, 0.1) is 0 Å². The molecule has 0 radical (unpaired) electrons. The van der Waals surface area contributed by atoms with Crippen LogP contribution in [0.2, 0.25) is 0 Å². The van der Waals surface area contributed by atoms with Crippen molar-refractivity contribution in [2.45, 2.75) is 19.5 Å². The van der Waals surface area contributed by atoms with Crippen molar-refractivity contribution in [1.82, 2.24) is 0 Å². The highest BCUT2D eigenvalue weighted by atomic mass is 19.4. The fourth-order valence-corrected chi connectivity index (χ4v) is 1.20. The molecule has 0 atom stereocenters. The van der Waals surface area contributed by atoms with E-state index in [0.717, 1.165) is 24.1 Å². The van der Waals surface area contributed by atoms with Gasteiger partial charge in [0.2, 0.25) is 0 Å². The van der Waals surface area contributed by atoms with E-state index in [1.165, 1.54) is 12.1 Å². The smallest absolute Gasteiger partial charge is 0.385 e. The van der Waals surface area contributed by atoms with E-state index in [9.17, 15) is 13.2 Å². The topological polar surface area (TPSA) is 12.0 Å². The Balaban J connectivity index is 2.55. The number of rotatable bonds is 4. The molecular weight excluding hydrogens is 215 g/mol. The predicted molar refractivity (Wildman–Crippen MR) is 59.4 cm³/mol. The van der Waals surface area contributed by atoms with Crippen molar-refractivity contribution < 1.29 is 13.2 Å². The molecule has 88 valence electrons. The van der Waals surface area contributed by atoms with Crippen LogP contribution in [0.3, 0.4) is 0 Å². The fourth-order valence-electron chi connectivity index (χ4n) is 1.20. The van der Waals surface area contributed by atoms with Gasteiger partial charge in [0.25, 0.3) is 0 Å². The molecule has 0 heterocycles. The zero-order valence-corrected chi connectivity index (χ0v) is 9.06. The number of nitrogens with one attached hydrogen (secondary N) is 1. The lowest BCUT2D eigenvalue weighted by Gasteiger charge is -2.09. The standard InChI is InChI=1S/C12H14F3N/c1-9(2)7-8-16-11-5-3-10(4-6-11)12(13,14)15/h3-6,16H,1,7-8H2,2H3. The van der Waals surface area contributed by atoms with Gasteiger partial charge in [-0.3, -0.25) is 0 Å². The third kappa shape index (κ3) is 3.96. The van der Waals surface area contributed by atoms with Crippen LogP contribution in [0.25, 0.3) is 0 Å². The monoisotopic (exact) mass is 229 g/mol. The second kappa shape index (κ2) is 5.05. The van der Waals surface area contributed by atoms with Crippen LogP contribution in [-0.2, 0) is 6.18 Å². The van der Waals surface area contributed by atoms with Crippen molar-refractivity contribution in [2.75, 3.05) is 11.9 Å². The zero-order chi connectivity index (χ0) is 12.2. The minimum atomic E-state index is -4.27. The summed E-state index contributed by atoms with van der Waals surface area (Å²) in [5, 5.41) is 3.03. The Kier molecular flexibility index (Phi) is 3.99. The number of benzene rings is 1. The van der Waals surface area contributed by atoms with Gasteiger partial charge in [0, 0.05) is 12.2 Å². The maximum Gasteiger partial charge on any atom is 0.416 e. The van der Waals surface area contributed by atoms with Gasteiger partial charge in [-0.15, -0.1) is 6.58 Å². The molecule has 0 saturated carbocycles. The third-order valence-electron chi connectivity index (χ3n) is 2.09. The van der Waals surface area contributed by atoms with Crippen LogP contribution < -0.4 is 5.32 Å². The van der Waals surface area contributed by atoms with Crippen molar-refractivity contribution in [2.24, 2.45) is 0 Å². The zero-order valence-electron chi connectivity index (χ0n) is 9.06. The van der Waals surface area contributed by atoms with E-state index in [1.807, 2.05) is 6.92 Å². The van der Waals surface area contributed by atoms with E-state index in [2.05, 4.69) is 11.9 Å².